The summed E-state index contributed by atoms with van der Waals surface area (Å²) in [7, 11) is -3.76. The van der Waals surface area contributed by atoms with E-state index in [0.717, 1.165) is 10.0 Å². The molecule has 0 bridgehead atoms. The maximum absolute atomic E-state index is 12.3. The summed E-state index contributed by atoms with van der Waals surface area (Å²) in [5.74, 6) is 0. The van der Waals surface area contributed by atoms with Crippen LogP contribution in [0.2, 0.25) is 0 Å². The van der Waals surface area contributed by atoms with Crippen molar-refractivity contribution in [2.75, 3.05) is 12.9 Å². The summed E-state index contributed by atoms with van der Waals surface area (Å²) >= 11 is 4.96. The quantitative estimate of drug-likeness (QED) is 0.500. The number of benzene rings is 2. The minimum absolute atomic E-state index is 0.0873. The monoisotopic (exact) mass is 414 g/mol. The molecule has 0 atom stereocenters. The number of hydrogen-bond donors (Lipinski definition) is 0. The maximum Gasteiger partial charge on any atom is 0.297 e. The number of hydrogen-bond acceptors (Lipinski definition) is 4. The summed E-state index contributed by atoms with van der Waals surface area (Å²) in [6.45, 7) is 4.03. The molecule has 2 aromatic rings. The van der Waals surface area contributed by atoms with Crippen molar-refractivity contribution < 1.29 is 12.6 Å². The SMILES string of the molecule is CSc1ccc(C(C)(C)COS(=O)(=O)c2ccc(Br)cc2)cc1. The highest BCUT2D eigenvalue weighted by Crippen LogP contribution is 2.27. The van der Waals surface area contributed by atoms with E-state index in [4.69, 9.17) is 4.18 Å². The normalized spacial score (nSPS) is 12.3. The van der Waals surface area contributed by atoms with Gasteiger partial charge < -0.3 is 0 Å². The zero-order chi connectivity index (χ0) is 17.1. The molecular formula is C17H19BrO3S2. The van der Waals surface area contributed by atoms with Crippen molar-refractivity contribution >= 4 is 37.8 Å². The van der Waals surface area contributed by atoms with Gasteiger partial charge in [0.25, 0.3) is 10.1 Å². The minimum atomic E-state index is -3.76. The lowest BCUT2D eigenvalue weighted by atomic mass is 9.86. The Morgan fingerprint density at radius 1 is 1.04 bits per heavy atom. The second-order valence-electron chi connectivity index (χ2n) is 5.78. The molecule has 0 N–H and O–H groups in total. The van der Waals surface area contributed by atoms with Gasteiger partial charge in [-0.15, -0.1) is 11.8 Å². The molecule has 0 aromatic heterocycles. The van der Waals surface area contributed by atoms with E-state index < -0.39 is 15.5 Å². The molecule has 2 aromatic carbocycles. The fourth-order valence-electron chi connectivity index (χ4n) is 2.02. The van der Waals surface area contributed by atoms with E-state index in [2.05, 4.69) is 15.9 Å². The minimum Gasteiger partial charge on any atom is -0.265 e. The van der Waals surface area contributed by atoms with Gasteiger partial charge in [0.05, 0.1) is 11.5 Å². The van der Waals surface area contributed by atoms with E-state index in [9.17, 15) is 8.42 Å². The summed E-state index contributed by atoms with van der Waals surface area (Å²) in [5.41, 5.74) is 0.639. The second kappa shape index (κ2) is 7.38. The summed E-state index contributed by atoms with van der Waals surface area (Å²) in [6, 6.07) is 14.5. The third-order valence-electron chi connectivity index (χ3n) is 3.55. The Labute approximate surface area is 150 Å². The molecular weight excluding hydrogens is 396 g/mol. The third kappa shape index (κ3) is 4.83. The average molecular weight is 415 g/mol. The Bertz CT molecular complexity index is 751. The van der Waals surface area contributed by atoms with Crippen LogP contribution in [-0.4, -0.2) is 21.3 Å². The van der Waals surface area contributed by atoms with Gasteiger partial charge in [-0.25, -0.2) is 0 Å². The first-order valence-electron chi connectivity index (χ1n) is 7.04. The summed E-state index contributed by atoms with van der Waals surface area (Å²) in [5, 5.41) is 0. The van der Waals surface area contributed by atoms with Crippen LogP contribution >= 0.6 is 27.7 Å². The Morgan fingerprint density at radius 2 is 1.61 bits per heavy atom. The molecule has 124 valence electrons. The van der Waals surface area contributed by atoms with Crippen molar-refractivity contribution in [1.29, 1.82) is 0 Å². The lowest BCUT2D eigenvalue weighted by Crippen LogP contribution is -2.26. The zero-order valence-electron chi connectivity index (χ0n) is 13.2. The average Bonchev–Trinajstić information content (AvgIpc) is 2.54. The standard InChI is InChI=1S/C17H19BrO3S2/c1-17(2,13-4-8-15(22-3)9-5-13)12-21-23(19,20)16-10-6-14(18)7-11-16/h4-11H,12H2,1-3H3. The molecule has 0 saturated heterocycles. The lowest BCUT2D eigenvalue weighted by Gasteiger charge is -2.25. The predicted molar refractivity (Wildman–Crippen MR) is 98.5 cm³/mol. The molecule has 3 nitrogen and oxygen atoms in total. The van der Waals surface area contributed by atoms with Crippen LogP contribution in [0.25, 0.3) is 0 Å². The Morgan fingerprint density at radius 3 is 2.13 bits per heavy atom. The zero-order valence-corrected chi connectivity index (χ0v) is 16.5. The first-order valence-corrected chi connectivity index (χ1v) is 10.5. The van der Waals surface area contributed by atoms with E-state index in [1.54, 1.807) is 23.9 Å². The predicted octanol–water partition coefficient (Wildman–Crippen LogP) is 4.85. The van der Waals surface area contributed by atoms with E-state index in [-0.39, 0.29) is 11.5 Å². The van der Waals surface area contributed by atoms with Crippen LogP contribution in [0.5, 0.6) is 0 Å². The first-order chi connectivity index (χ1) is 10.7. The fourth-order valence-corrected chi connectivity index (χ4v) is 3.75. The topological polar surface area (TPSA) is 43.4 Å². The van der Waals surface area contributed by atoms with Gasteiger partial charge in [-0.2, -0.15) is 8.42 Å². The van der Waals surface area contributed by atoms with Crippen molar-refractivity contribution in [3.8, 4) is 0 Å². The second-order valence-corrected chi connectivity index (χ2v) is 9.19. The molecule has 0 aliphatic carbocycles. The van der Waals surface area contributed by atoms with Gasteiger partial charge in [-0.1, -0.05) is 41.9 Å². The van der Waals surface area contributed by atoms with Gasteiger partial charge >= 0.3 is 0 Å². The van der Waals surface area contributed by atoms with Gasteiger partial charge in [0.1, 0.15) is 0 Å². The molecule has 0 unspecified atom stereocenters. The largest absolute Gasteiger partial charge is 0.297 e. The van der Waals surface area contributed by atoms with Crippen LogP contribution in [0.15, 0.2) is 62.8 Å². The van der Waals surface area contributed by atoms with Crippen LogP contribution in [-0.2, 0) is 19.7 Å². The molecule has 0 spiro atoms. The van der Waals surface area contributed by atoms with E-state index in [0.29, 0.717) is 0 Å². The maximum atomic E-state index is 12.3. The molecule has 23 heavy (non-hydrogen) atoms. The Hall–Kier alpha value is -0.820. The lowest BCUT2D eigenvalue weighted by molar-refractivity contribution is 0.246. The molecule has 0 heterocycles. The smallest absolute Gasteiger partial charge is 0.265 e. The van der Waals surface area contributed by atoms with E-state index in [1.807, 2.05) is 44.4 Å². The van der Waals surface area contributed by atoms with Crippen molar-refractivity contribution in [2.24, 2.45) is 0 Å². The number of halogens is 1. The van der Waals surface area contributed by atoms with Crippen molar-refractivity contribution in [1.82, 2.24) is 0 Å². The van der Waals surface area contributed by atoms with Crippen LogP contribution < -0.4 is 0 Å². The Kier molecular flexibility index (Phi) is 5.94. The van der Waals surface area contributed by atoms with Gasteiger partial charge in [0.15, 0.2) is 0 Å². The van der Waals surface area contributed by atoms with Crippen molar-refractivity contribution in [2.45, 2.75) is 29.1 Å². The molecule has 0 saturated carbocycles. The van der Waals surface area contributed by atoms with Gasteiger partial charge in [0.2, 0.25) is 0 Å². The highest BCUT2D eigenvalue weighted by Gasteiger charge is 2.25. The Balaban J connectivity index is 2.12. The summed E-state index contributed by atoms with van der Waals surface area (Å²) < 4.78 is 30.7. The molecule has 2 rings (SSSR count). The summed E-state index contributed by atoms with van der Waals surface area (Å²) in [4.78, 5) is 1.34. The van der Waals surface area contributed by atoms with Crippen molar-refractivity contribution in [3.05, 3.63) is 58.6 Å². The van der Waals surface area contributed by atoms with E-state index >= 15 is 0 Å². The van der Waals surface area contributed by atoms with Gasteiger partial charge in [-0.3, -0.25) is 4.18 Å². The molecule has 0 aliphatic heterocycles. The molecule has 0 radical (unpaired) electrons. The van der Waals surface area contributed by atoms with E-state index in [1.165, 1.54) is 17.0 Å². The molecule has 0 aliphatic rings. The molecule has 6 heteroatoms. The molecule has 0 amide bonds. The fraction of sp³-hybridized carbons (Fsp3) is 0.294. The molecule has 0 fully saturated rings. The first kappa shape index (κ1) is 18.5. The third-order valence-corrected chi connectivity index (χ3v) is 6.10. The van der Waals surface area contributed by atoms with Gasteiger partial charge in [-0.05, 0) is 48.2 Å². The van der Waals surface area contributed by atoms with Gasteiger partial charge in [0, 0.05) is 14.8 Å². The highest BCUT2D eigenvalue weighted by atomic mass is 79.9. The summed E-state index contributed by atoms with van der Waals surface area (Å²) in [6.07, 6.45) is 2.02. The van der Waals surface area contributed by atoms with Crippen LogP contribution in [0.3, 0.4) is 0 Å². The van der Waals surface area contributed by atoms with Crippen LogP contribution in [0.4, 0.5) is 0 Å². The van der Waals surface area contributed by atoms with Crippen LogP contribution in [0.1, 0.15) is 19.4 Å². The van der Waals surface area contributed by atoms with Crippen LogP contribution in [0, 0.1) is 0 Å². The van der Waals surface area contributed by atoms with Crippen molar-refractivity contribution in [3.63, 3.8) is 0 Å². The highest BCUT2D eigenvalue weighted by molar-refractivity contribution is 9.10. The number of rotatable bonds is 6. The number of thioether (sulfide) groups is 1.